The molecule has 0 spiro atoms. The largest absolute Gasteiger partial charge is 0.411 e. The molecule has 0 rings (SSSR count). The SMILES string of the molecule is FC(F)(F)COCCN(CCBr)CC(F)(F)F. The van der Waals surface area contributed by atoms with Crippen LogP contribution in [0.5, 0.6) is 0 Å². The minimum atomic E-state index is -4.45. The third-order valence-corrected chi connectivity index (χ3v) is 1.98. The lowest BCUT2D eigenvalue weighted by Crippen LogP contribution is -2.38. The molecule has 0 unspecified atom stereocenters. The van der Waals surface area contributed by atoms with Crippen LogP contribution in [0.25, 0.3) is 0 Å². The molecule has 0 aliphatic heterocycles. The molecule has 0 aromatic heterocycles. The molecule has 0 aromatic rings. The maximum atomic E-state index is 12.0. The zero-order chi connectivity index (χ0) is 13.5. The van der Waals surface area contributed by atoms with Crippen molar-refractivity contribution in [3.63, 3.8) is 0 Å². The number of halogens is 7. The Balaban J connectivity index is 3.85. The van der Waals surface area contributed by atoms with Crippen LogP contribution >= 0.6 is 15.9 Å². The standard InChI is InChI=1S/C8H12BrF6NO/c9-1-2-16(5-7(10,11)12)3-4-17-6-8(13,14)15/h1-6H2. The Kier molecular flexibility index (Phi) is 7.41. The van der Waals surface area contributed by atoms with Crippen molar-refractivity contribution in [3.05, 3.63) is 0 Å². The first-order valence-corrected chi connectivity index (χ1v) is 5.76. The van der Waals surface area contributed by atoms with Gasteiger partial charge in [-0.3, -0.25) is 4.90 Å². The van der Waals surface area contributed by atoms with Crippen molar-refractivity contribution in [2.75, 3.05) is 38.2 Å². The summed E-state index contributed by atoms with van der Waals surface area (Å²) in [6.45, 7) is -3.09. The topological polar surface area (TPSA) is 12.5 Å². The minimum absolute atomic E-state index is 0.0922. The maximum Gasteiger partial charge on any atom is 0.411 e. The molecule has 0 amide bonds. The van der Waals surface area contributed by atoms with E-state index in [0.29, 0.717) is 5.33 Å². The number of rotatable bonds is 7. The fourth-order valence-corrected chi connectivity index (χ4v) is 1.53. The molecule has 0 N–H and O–H groups in total. The number of alkyl halides is 7. The van der Waals surface area contributed by atoms with E-state index >= 15 is 0 Å². The molecule has 0 atom stereocenters. The Morgan fingerprint density at radius 2 is 1.53 bits per heavy atom. The third kappa shape index (κ3) is 12.2. The average Bonchev–Trinajstić information content (AvgIpc) is 2.08. The molecular formula is C8H12BrF6NO. The lowest BCUT2D eigenvalue weighted by atomic mass is 10.4. The number of ether oxygens (including phenoxy) is 1. The van der Waals surface area contributed by atoms with Crippen LogP contribution in [0.2, 0.25) is 0 Å². The normalized spacial score (nSPS) is 13.4. The first-order chi connectivity index (χ1) is 7.64. The number of hydrogen-bond donors (Lipinski definition) is 0. The Labute approximate surface area is 103 Å². The second-order valence-electron chi connectivity index (χ2n) is 3.25. The van der Waals surface area contributed by atoms with E-state index in [0.717, 1.165) is 4.90 Å². The highest BCUT2D eigenvalue weighted by Crippen LogP contribution is 2.17. The molecule has 104 valence electrons. The zero-order valence-electron chi connectivity index (χ0n) is 8.74. The van der Waals surface area contributed by atoms with Gasteiger partial charge in [0.15, 0.2) is 0 Å². The Morgan fingerprint density at radius 3 is 1.94 bits per heavy atom. The van der Waals surface area contributed by atoms with Gasteiger partial charge in [0.05, 0.1) is 13.2 Å². The van der Waals surface area contributed by atoms with E-state index in [1.165, 1.54) is 0 Å². The summed E-state index contributed by atoms with van der Waals surface area (Å²) in [5.74, 6) is 0. The van der Waals surface area contributed by atoms with E-state index < -0.39 is 25.5 Å². The fraction of sp³-hybridized carbons (Fsp3) is 1.00. The van der Waals surface area contributed by atoms with Gasteiger partial charge in [-0.2, -0.15) is 26.3 Å². The van der Waals surface area contributed by atoms with Crippen LogP contribution in [0.4, 0.5) is 26.3 Å². The van der Waals surface area contributed by atoms with Crippen molar-refractivity contribution in [2.24, 2.45) is 0 Å². The maximum absolute atomic E-state index is 12.0. The highest BCUT2D eigenvalue weighted by atomic mass is 79.9. The number of hydrogen-bond acceptors (Lipinski definition) is 2. The lowest BCUT2D eigenvalue weighted by Gasteiger charge is -2.22. The first kappa shape index (κ1) is 17.0. The summed E-state index contributed by atoms with van der Waals surface area (Å²) in [6.07, 6.45) is -8.82. The van der Waals surface area contributed by atoms with Crippen LogP contribution < -0.4 is 0 Å². The molecule has 0 saturated carbocycles. The highest BCUT2D eigenvalue weighted by molar-refractivity contribution is 9.09. The van der Waals surface area contributed by atoms with Crippen molar-refractivity contribution in [2.45, 2.75) is 12.4 Å². The van der Waals surface area contributed by atoms with Crippen molar-refractivity contribution in [1.82, 2.24) is 4.90 Å². The van der Waals surface area contributed by atoms with Gasteiger partial charge in [0.1, 0.15) is 6.61 Å². The molecule has 0 heterocycles. The van der Waals surface area contributed by atoms with Gasteiger partial charge in [-0.05, 0) is 0 Å². The van der Waals surface area contributed by atoms with E-state index in [1.54, 1.807) is 0 Å². The van der Waals surface area contributed by atoms with Crippen LogP contribution in [0.15, 0.2) is 0 Å². The van der Waals surface area contributed by atoms with Gasteiger partial charge in [0.25, 0.3) is 0 Å². The predicted octanol–water partition coefficient (Wildman–Crippen LogP) is 2.82. The molecule has 0 radical (unpaired) electrons. The van der Waals surface area contributed by atoms with E-state index in [4.69, 9.17) is 0 Å². The summed E-state index contributed by atoms with van der Waals surface area (Å²) in [6, 6.07) is 0. The van der Waals surface area contributed by atoms with Crippen LogP contribution in [0.1, 0.15) is 0 Å². The molecule has 0 fully saturated rings. The monoisotopic (exact) mass is 331 g/mol. The average molecular weight is 332 g/mol. The first-order valence-electron chi connectivity index (χ1n) is 4.63. The molecule has 0 aliphatic rings. The van der Waals surface area contributed by atoms with Crippen LogP contribution in [-0.2, 0) is 4.74 Å². The van der Waals surface area contributed by atoms with Gasteiger partial charge in [-0.25, -0.2) is 0 Å². The zero-order valence-corrected chi connectivity index (χ0v) is 10.3. The van der Waals surface area contributed by atoms with Crippen molar-refractivity contribution >= 4 is 15.9 Å². The van der Waals surface area contributed by atoms with Crippen molar-refractivity contribution < 1.29 is 31.1 Å². The molecule has 17 heavy (non-hydrogen) atoms. The smallest absolute Gasteiger partial charge is 0.371 e. The second kappa shape index (κ2) is 7.42. The van der Waals surface area contributed by atoms with Gasteiger partial charge < -0.3 is 4.74 Å². The summed E-state index contributed by atoms with van der Waals surface area (Å²) in [7, 11) is 0. The Hall–Kier alpha value is -0.0200. The molecule has 9 heteroatoms. The van der Waals surface area contributed by atoms with E-state index in [9.17, 15) is 26.3 Å². The summed E-state index contributed by atoms with van der Waals surface area (Å²) in [5.41, 5.74) is 0. The van der Waals surface area contributed by atoms with Gasteiger partial charge in [0, 0.05) is 18.4 Å². The van der Waals surface area contributed by atoms with E-state index in [2.05, 4.69) is 20.7 Å². The van der Waals surface area contributed by atoms with Gasteiger partial charge >= 0.3 is 12.4 Å². The number of nitrogens with zero attached hydrogens (tertiary/aromatic N) is 1. The predicted molar refractivity (Wildman–Crippen MR) is 53.2 cm³/mol. The molecule has 2 nitrogen and oxygen atoms in total. The fourth-order valence-electron chi connectivity index (χ4n) is 1.02. The molecule has 0 aliphatic carbocycles. The van der Waals surface area contributed by atoms with Crippen LogP contribution in [0, 0.1) is 0 Å². The molecule has 0 aromatic carbocycles. The van der Waals surface area contributed by atoms with Gasteiger partial charge in [-0.1, -0.05) is 15.9 Å². The quantitative estimate of drug-likeness (QED) is 0.404. The van der Waals surface area contributed by atoms with E-state index in [-0.39, 0.29) is 19.7 Å². The summed E-state index contributed by atoms with van der Waals surface area (Å²) >= 11 is 2.97. The van der Waals surface area contributed by atoms with Crippen LogP contribution in [0.3, 0.4) is 0 Å². The van der Waals surface area contributed by atoms with Gasteiger partial charge in [-0.15, -0.1) is 0 Å². The molecular weight excluding hydrogens is 320 g/mol. The highest BCUT2D eigenvalue weighted by Gasteiger charge is 2.31. The van der Waals surface area contributed by atoms with Crippen LogP contribution in [-0.4, -0.2) is 55.4 Å². The van der Waals surface area contributed by atoms with Crippen molar-refractivity contribution in [3.8, 4) is 0 Å². The van der Waals surface area contributed by atoms with Gasteiger partial charge in [0.2, 0.25) is 0 Å². The molecule has 0 bridgehead atoms. The second-order valence-corrected chi connectivity index (χ2v) is 4.04. The minimum Gasteiger partial charge on any atom is -0.371 e. The third-order valence-electron chi connectivity index (χ3n) is 1.62. The Morgan fingerprint density at radius 1 is 0.941 bits per heavy atom. The van der Waals surface area contributed by atoms with Crippen molar-refractivity contribution in [1.29, 1.82) is 0 Å². The molecule has 0 saturated heterocycles. The van der Waals surface area contributed by atoms with E-state index in [1.807, 2.05) is 0 Å². The summed E-state index contributed by atoms with van der Waals surface area (Å²) in [5, 5.41) is 0.308. The Bertz CT molecular complexity index is 207. The summed E-state index contributed by atoms with van der Waals surface area (Å²) < 4.78 is 75.4. The summed E-state index contributed by atoms with van der Waals surface area (Å²) in [4.78, 5) is 0.977. The lowest BCUT2D eigenvalue weighted by molar-refractivity contribution is -0.177.